The summed E-state index contributed by atoms with van der Waals surface area (Å²) < 4.78 is 12.7. The lowest BCUT2D eigenvalue weighted by Crippen LogP contribution is -2.28. The van der Waals surface area contributed by atoms with Crippen molar-refractivity contribution < 1.29 is 9.47 Å². The summed E-state index contributed by atoms with van der Waals surface area (Å²) in [6, 6.07) is 41.7. The zero-order valence-corrected chi connectivity index (χ0v) is 19.8. The Bertz CT molecular complexity index is 903. The van der Waals surface area contributed by atoms with Crippen LogP contribution >= 0.6 is 0 Å². The second-order valence-corrected chi connectivity index (χ2v) is 8.45. The Morgan fingerprint density at radius 3 is 1.00 bits per heavy atom. The standard InChI is InChI=1S/C31H33NO2/c1-32(22-24-33-30(26-14-6-2-7-15-26)27-16-8-3-9-17-27)23-25-34-31(28-18-10-4-11-19-28)29-20-12-5-13-21-29/h2-21,30-31H,22-25H2,1H3. The van der Waals surface area contributed by atoms with Gasteiger partial charge in [0.15, 0.2) is 0 Å². The van der Waals surface area contributed by atoms with Crippen LogP contribution in [0.4, 0.5) is 0 Å². The van der Waals surface area contributed by atoms with E-state index in [0.29, 0.717) is 13.2 Å². The molecule has 0 amide bonds. The van der Waals surface area contributed by atoms with Gasteiger partial charge in [-0.05, 0) is 29.3 Å². The molecular formula is C31H33NO2. The van der Waals surface area contributed by atoms with Crippen LogP contribution in [0.3, 0.4) is 0 Å². The third-order valence-electron chi connectivity index (χ3n) is 5.92. The summed E-state index contributed by atoms with van der Waals surface area (Å²) in [5.74, 6) is 0. The molecule has 0 aliphatic rings. The molecule has 0 saturated heterocycles. The molecule has 0 saturated carbocycles. The molecule has 0 atom stereocenters. The van der Waals surface area contributed by atoms with Crippen molar-refractivity contribution in [3.63, 3.8) is 0 Å². The summed E-state index contributed by atoms with van der Waals surface area (Å²) in [6.45, 7) is 2.96. The number of hydrogen-bond donors (Lipinski definition) is 0. The van der Waals surface area contributed by atoms with Gasteiger partial charge in [-0.1, -0.05) is 121 Å². The second kappa shape index (κ2) is 12.9. The average molecular weight is 452 g/mol. The van der Waals surface area contributed by atoms with Crippen LogP contribution < -0.4 is 0 Å². The maximum atomic E-state index is 6.37. The number of likely N-dealkylation sites (N-methyl/N-ethyl adjacent to an activating group) is 1. The molecule has 0 heterocycles. The van der Waals surface area contributed by atoms with Crippen molar-refractivity contribution >= 4 is 0 Å². The van der Waals surface area contributed by atoms with Crippen molar-refractivity contribution in [2.24, 2.45) is 0 Å². The molecule has 3 heteroatoms. The van der Waals surface area contributed by atoms with Crippen molar-refractivity contribution in [1.82, 2.24) is 4.90 Å². The fourth-order valence-electron chi connectivity index (χ4n) is 4.05. The summed E-state index contributed by atoms with van der Waals surface area (Å²) in [5.41, 5.74) is 4.70. The lowest BCUT2D eigenvalue weighted by atomic mass is 10.0. The monoisotopic (exact) mass is 451 g/mol. The Morgan fingerprint density at radius 1 is 0.471 bits per heavy atom. The maximum Gasteiger partial charge on any atom is 0.108 e. The molecule has 3 nitrogen and oxygen atoms in total. The summed E-state index contributed by atoms with van der Waals surface area (Å²) in [7, 11) is 2.12. The molecule has 0 aliphatic carbocycles. The molecule has 0 fully saturated rings. The number of rotatable bonds is 12. The highest BCUT2D eigenvalue weighted by molar-refractivity contribution is 5.31. The van der Waals surface area contributed by atoms with Crippen molar-refractivity contribution in [2.45, 2.75) is 12.2 Å². The van der Waals surface area contributed by atoms with Gasteiger partial charge in [0.05, 0.1) is 13.2 Å². The SMILES string of the molecule is CN(CCOC(c1ccccc1)c1ccccc1)CCOC(c1ccccc1)c1ccccc1. The van der Waals surface area contributed by atoms with E-state index < -0.39 is 0 Å². The van der Waals surface area contributed by atoms with Gasteiger partial charge in [-0.3, -0.25) is 0 Å². The summed E-state index contributed by atoms with van der Waals surface area (Å²) in [6.07, 6.45) is -0.125. The third-order valence-corrected chi connectivity index (χ3v) is 5.92. The van der Waals surface area contributed by atoms with Crippen LogP contribution in [-0.2, 0) is 9.47 Å². The molecule has 4 aromatic carbocycles. The maximum absolute atomic E-state index is 6.37. The van der Waals surface area contributed by atoms with Gasteiger partial charge in [0.25, 0.3) is 0 Å². The Hall–Kier alpha value is -3.24. The molecule has 0 unspecified atom stereocenters. The summed E-state index contributed by atoms with van der Waals surface area (Å²) in [5, 5.41) is 0. The topological polar surface area (TPSA) is 21.7 Å². The fourth-order valence-corrected chi connectivity index (χ4v) is 4.05. The molecule has 0 N–H and O–H groups in total. The molecule has 4 rings (SSSR count). The average Bonchev–Trinajstić information content (AvgIpc) is 2.91. The molecule has 4 aromatic rings. The van der Waals surface area contributed by atoms with Crippen molar-refractivity contribution in [3.05, 3.63) is 144 Å². The van der Waals surface area contributed by atoms with Gasteiger partial charge in [-0.2, -0.15) is 0 Å². The zero-order valence-electron chi connectivity index (χ0n) is 19.8. The fraction of sp³-hybridized carbons (Fsp3) is 0.226. The minimum absolute atomic E-state index is 0.0624. The van der Waals surface area contributed by atoms with E-state index in [0.717, 1.165) is 13.1 Å². The summed E-state index contributed by atoms with van der Waals surface area (Å²) in [4.78, 5) is 2.26. The lowest BCUT2D eigenvalue weighted by molar-refractivity contribution is 0.0419. The van der Waals surface area contributed by atoms with Crippen LogP contribution in [0.25, 0.3) is 0 Å². The minimum Gasteiger partial charge on any atom is -0.367 e. The first-order valence-corrected chi connectivity index (χ1v) is 11.9. The lowest BCUT2D eigenvalue weighted by Gasteiger charge is -2.23. The van der Waals surface area contributed by atoms with Gasteiger partial charge in [-0.15, -0.1) is 0 Å². The van der Waals surface area contributed by atoms with Crippen LogP contribution in [0.2, 0.25) is 0 Å². The van der Waals surface area contributed by atoms with Gasteiger partial charge >= 0.3 is 0 Å². The predicted octanol–water partition coefficient (Wildman–Crippen LogP) is 6.53. The van der Waals surface area contributed by atoms with Crippen LogP contribution in [0.5, 0.6) is 0 Å². The molecular weight excluding hydrogens is 418 g/mol. The number of ether oxygens (including phenoxy) is 2. The van der Waals surface area contributed by atoms with Crippen LogP contribution in [0, 0.1) is 0 Å². The highest BCUT2D eigenvalue weighted by Gasteiger charge is 2.16. The van der Waals surface area contributed by atoms with Crippen LogP contribution in [0.15, 0.2) is 121 Å². The van der Waals surface area contributed by atoms with Gasteiger partial charge in [0.2, 0.25) is 0 Å². The van der Waals surface area contributed by atoms with Gasteiger partial charge < -0.3 is 14.4 Å². The Balaban J connectivity index is 1.30. The Labute approximate surface area is 203 Å². The molecule has 0 aromatic heterocycles. The third kappa shape index (κ3) is 6.88. The van der Waals surface area contributed by atoms with E-state index in [1.807, 2.05) is 24.3 Å². The number of hydrogen-bond acceptors (Lipinski definition) is 3. The quantitative estimate of drug-likeness (QED) is 0.244. The normalized spacial score (nSPS) is 11.4. The van der Waals surface area contributed by atoms with Gasteiger partial charge in [0.1, 0.15) is 12.2 Å². The van der Waals surface area contributed by atoms with E-state index in [2.05, 4.69) is 109 Å². The first kappa shape index (κ1) is 23.9. The minimum atomic E-state index is -0.0624. The molecule has 0 radical (unpaired) electrons. The molecule has 0 bridgehead atoms. The molecule has 34 heavy (non-hydrogen) atoms. The predicted molar refractivity (Wildman–Crippen MR) is 139 cm³/mol. The first-order chi connectivity index (χ1) is 16.8. The van der Waals surface area contributed by atoms with Crippen molar-refractivity contribution in [2.75, 3.05) is 33.4 Å². The Kier molecular flexibility index (Phi) is 9.04. The van der Waals surface area contributed by atoms with E-state index in [1.54, 1.807) is 0 Å². The largest absolute Gasteiger partial charge is 0.367 e. The smallest absolute Gasteiger partial charge is 0.108 e. The van der Waals surface area contributed by atoms with E-state index in [4.69, 9.17) is 9.47 Å². The van der Waals surface area contributed by atoms with E-state index in [-0.39, 0.29) is 12.2 Å². The number of nitrogens with zero attached hydrogens (tertiary/aromatic N) is 1. The van der Waals surface area contributed by atoms with Crippen molar-refractivity contribution in [1.29, 1.82) is 0 Å². The highest BCUT2D eigenvalue weighted by atomic mass is 16.5. The van der Waals surface area contributed by atoms with Gasteiger partial charge in [0, 0.05) is 13.1 Å². The molecule has 0 aliphatic heterocycles. The number of benzene rings is 4. The van der Waals surface area contributed by atoms with E-state index in [1.165, 1.54) is 22.3 Å². The van der Waals surface area contributed by atoms with Crippen molar-refractivity contribution in [3.8, 4) is 0 Å². The van der Waals surface area contributed by atoms with Crippen LogP contribution in [-0.4, -0.2) is 38.3 Å². The summed E-state index contributed by atoms with van der Waals surface area (Å²) >= 11 is 0. The highest BCUT2D eigenvalue weighted by Crippen LogP contribution is 2.26. The van der Waals surface area contributed by atoms with E-state index >= 15 is 0 Å². The second-order valence-electron chi connectivity index (χ2n) is 8.45. The zero-order chi connectivity index (χ0) is 23.4. The van der Waals surface area contributed by atoms with Gasteiger partial charge in [-0.25, -0.2) is 0 Å². The Morgan fingerprint density at radius 2 is 0.735 bits per heavy atom. The van der Waals surface area contributed by atoms with E-state index in [9.17, 15) is 0 Å². The molecule has 0 spiro atoms. The van der Waals surface area contributed by atoms with Crippen LogP contribution in [0.1, 0.15) is 34.5 Å². The first-order valence-electron chi connectivity index (χ1n) is 11.9. The molecule has 174 valence electrons.